The maximum atomic E-state index is 12.0. The summed E-state index contributed by atoms with van der Waals surface area (Å²) < 4.78 is 11.0. The number of hydrogen-bond donors (Lipinski definition) is 0. The summed E-state index contributed by atoms with van der Waals surface area (Å²) in [5.74, 6) is -0.176. The van der Waals surface area contributed by atoms with Gasteiger partial charge in [-0.25, -0.2) is 0 Å². The van der Waals surface area contributed by atoms with Gasteiger partial charge in [0.05, 0.1) is 5.41 Å². The van der Waals surface area contributed by atoms with Crippen molar-refractivity contribution in [3.05, 3.63) is 0 Å². The second-order valence-electron chi connectivity index (χ2n) is 5.85. The first-order chi connectivity index (χ1) is 7.00. The van der Waals surface area contributed by atoms with Crippen molar-refractivity contribution in [1.29, 1.82) is 0 Å². The molecule has 0 rings (SSSR count). The zero-order valence-corrected chi connectivity index (χ0v) is 11.9. The summed E-state index contributed by atoms with van der Waals surface area (Å²) in [5, 5.41) is 0. The highest BCUT2D eigenvalue weighted by molar-refractivity contribution is 5.76. The molecule has 0 amide bonds. The smallest absolute Gasteiger partial charge is 0.312 e. The third-order valence-electron chi connectivity index (χ3n) is 3.74. The average molecular weight is 230 g/mol. The normalized spacial score (nSPS) is 13.8. The van der Waals surface area contributed by atoms with E-state index < -0.39 is 16.6 Å². The van der Waals surface area contributed by atoms with E-state index in [0.717, 1.165) is 6.42 Å². The van der Waals surface area contributed by atoms with Gasteiger partial charge in [0.15, 0.2) is 0 Å². The quantitative estimate of drug-likeness (QED) is 0.680. The minimum atomic E-state index is -0.648. The lowest BCUT2D eigenvalue weighted by molar-refractivity contribution is -0.195. The first-order valence-electron chi connectivity index (χ1n) is 5.79. The SMILES string of the molecule is CCC(C)(C)C(=O)OC(C)(C)C(C)(C)OC. The van der Waals surface area contributed by atoms with E-state index in [2.05, 4.69) is 0 Å². The first kappa shape index (κ1) is 15.4. The lowest BCUT2D eigenvalue weighted by atomic mass is 9.87. The fraction of sp³-hybridized carbons (Fsp3) is 0.923. The lowest BCUT2D eigenvalue weighted by Gasteiger charge is -2.41. The Kier molecular flexibility index (Phi) is 4.57. The van der Waals surface area contributed by atoms with Crippen LogP contribution >= 0.6 is 0 Å². The molecule has 16 heavy (non-hydrogen) atoms. The van der Waals surface area contributed by atoms with Crippen LogP contribution in [0.25, 0.3) is 0 Å². The van der Waals surface area contributed by atoms with Crippen LogP contribution in [0, 0.1) is 5.41 Å². The molecule has 96 valence electrons. The summed E-state index contributed by atoms with van der Waals surface area (Å²) in [6, 6.07) is 0. The Hall–Kier alpha value is -0.570. The molecule has 0 fully saturated rings. The number of carbonyl (C=O) groups excluding carboxylic acids is 1. The molecule has 0 spiro atoms. The zero-order valence-electron chi connectivity index (χ0n) is 11.9. The van der Waals surface area contributed by atoms with Crippen LogP contribution < -0.4 is 0 Å². The van der Waals surface area contributed by atoms with Gasteiger partial charge in [-0.05, 0) is 48.0 Å². The van der Waals surface area contributed by atoms with E-state index in [1.807, 2.05) is 48.5 Å². The van der Waals surface area contributed by atoms with Crippen LogP contribution in [0.3, 0.4) is 0 Å². The number of methoxy groups -OCH3 is 1. The second kappa shape index (κ2) is 4.74. The molecule has 3 heteroatoms. The molecule has 0 aliphatic rings. The molecular weight excluding hydrogens is 204 g/mol. The van der Waals surface area contributed by atoms with Crippen LogP contribution in [0.15, 0.2) is 0 Å². The predicted octanol–water partition coefficient (Wildman–Crippen LogP) is 3.17. The zero-order chi connectivity index (χ0) is 13.2. The standard InChI is InChI=1S/C13H26O3/c1-9-11(2,3)10(14)16-13(6,7)12(4,5)15-8/h9H2,1-8H3. The molecule has 0 aromatic heterocycles. The van der Waals surface area contributed by atoms with Crippen LogP contribution in [-0.2, 0) is 14.3 Å². The molecule has 0 unspecified atom stereocenters. The molecule has 0 aromatic carbocycles. The van der Waals surface area contributed by atoms with Crippen molar-refractivity contribution >= 4 is 5.97 Å². The molecule has 0 saturated carbocycles. The number of rotatable bonds is 5. The summed E-state index contributed by atoms with van der Waals surface area (Å²) in [7, 11) is 1.63. The molecule has 0 saturated heterocycles. The van der Waals surface area contributed by atoms with Crippen LogP contribution in [0.1, 0.15) is 54.9 Å². The van der Waals surface area contributed by atoms with E-state index in [9.17, 15) is 4.79 Å². The predicted molar refractivity (Wildman–Crippen MR) is 65.3 cm³/mol. The van der Waals surface area contributed by atoms with Crippen molar-refractivity contribution in [2.24, 2.45) is 5.41 Å². The van der Waals surface area contributed by atoms with Gasteiger partial charge in [0.1, 0.15) is 11.2 Å². The van der Waals surface area contributed by atoms with E-state index in [1.165, 1.54) is 0 Å². The Morgan fingerprint density at radius 1 is 1.00 bits per heavy atom. The van der Waals surface area contributed by atoms with Gasteiger partial charge in [-0.15, -0.1) is 0 Å². The van der Waals surface area contributed by atoms with Crippen LogP contribution in [0.4, 0.5) is 0 Å². The summed E-state index contributed by atoms with van der Waals surface area (Å²) in [4.78, 5) is 12.0. The van der Waals surface area contributed by atoms with Gasteiger partial charge in [0.25, 0.3) is 0 Å². The average Bonchev–Trinajstić information content (AvgIpc) is 2.16. The number of ether oxygens (including phenoxy) is 2. The van der Waals surface area contributed by atoms with E-state index in [4.69, 9.17) is 9.47 Å². The Morgan fingerprint density at radius 3 is 1.75 bits per heavy atom. The van der Waals surface area contributed by atoms with Gasteiger partial charge in [-0.2, -0.15) is 0 Å². The van der Waals surface area contributed by atoms with Crippen molar-refractivity contribution in [3.63, 3.8) is 0 Å². The molecule has 0 aliphatic heterocycles. The highest BCUT2D eigenvalue weighted by atomic mass is 16.6. The van der Waals surface area contributed by atoms with Crippen molar-refractivity contribution in [2.75, 3.05) is 7.11 Å². The van der Waals surface area contributed by atoms with Crippen molar-refractivity contribution in [3.8, 4) is 0 Å². The minimum absolute atomic E-state index is 0.176. The topological polar surface area (TPSA) is 35.5 Å². The number of esters is 1. The molecule has 0 aromatic rings. The molecule has 0 radical (unpaired) electrons. The second-order valence-corrected chi connectivity index (χ2v) is 5.85. The highest BCUT2D eigenvalue weighted by Crippen LogP contribution is 2.32. The largest absolute Gasteiger partial charge is 0.456 e. The molecule has 3 nitrogen and oxygen atoms in total. The number of hydrogen-bond acceptors (Lipinski definition) is 3. The molecule has 0 aliphatic carbocycles. The van der Waals surface area contributed by atoms with Crippen LogP contribution in [0.5, 0.6) is 0 Å². The van der Waals surface area contributed by atoms with E-state index in [0.29, 0.717) is 0 Å². The fourth-order valence-electron chi connectivity index (χ4n) is 0.883. The van der Waals surface area contributed by atoms with Crippen LogP contribution in [0.2, 0.25) is 0 Å². The Balaban J connectivity index is 4.80. The summed E-state index contributed by atoms with van der Waals surface area (Å²) in [6.07, 6.45) is 0.759. The third-order valence-corrected chi connectivity index (χ3v) is 3.74. The van der Waals surface area contributed by atoms with Crippen molar-refractivity contribution in [1.82, 2.24) is 0 Å². The highest BCUT2D eigenvalue weighted by Gasteiger charge is 2.43. The van der Waals surface area contributed by atoms with Gasteiger partial charge < -0.3 is 9.47 Å². The maximum absolute atomic E-state index is 12.0. The summed E-state index contributed by atoms with van der Waals surface area (Å²) in [5.41, 5.74) is -1.60. The molecule has 0 N–H and O–H groups in total. The lowest BCUT2D eigenvalue weighted by Crippen LogP contribution is -2.51. The number of carbonyl (C=O) groups is 1. The van der Waals surface area contributed by atoms with Crippen LogP contribution in [-0.4, -0.2) is 24.3 Å². The van der Waals surface area contributed by atoms with Gasteiger partial charge in [0.2, 0.25) is 0 Å². The van der Waals surface area contributed by atoms with Crippen molar-refractivity contribution in [2.45, 2.75) is 66.1 Å². The molecule has 0 atom stereocenters. The third kappa shape index (κ3) is 3.21. The Bertz CT molecular complexity index is 252. The van der Waals surface area contributed by atoms with Crippen molar-refractivity contribution < 1.29 is 14.3 Å². The summed E-state index contributed by atoms with van der Waals surface area (Å²) >= 11 is 0. The van der Waals surface area contributed by atoms with Gasteiger partial charge in [0, 0.05) is 7.11 Å². The maximum Gasteiger partial charge on any atom is 0.312 e. The summed E-state index contributed by atoms with van der Waals surface area (Å²) in [6.45, 7) is 13.4. The Labute approximate surface area is 99.5 Å². The van der Waals surface area contributed by atoms with E-state index in [1.54, 1.807) is 7.11 Å². The van der Waals surface area contributed by atoms with E-state index >= 15 is 0 Å². The van der Waals surface area contributed by atoms with Gasteiger partial charge >= 0.3 is 5.97 Å². The van der Waals surface area contributed by atoms with Gasteiger partial charge in [-0.1, -0.05) is 6.92 Å². The fourth-order valence-corrected chi connectivity index (χ4v) is 0.883. The molecular formula is C13H26O3. The first-order valence-corrected chi connectivity index (χ1v) is 5.79. The van der Waals surface area contributed by atoms with Gasteiger partial charge in [-0.3, -0.25) is 4.79 Å². The monoisotopic (exact) mass is 230 g/mol. The van der Waals surface area contributed by atoms with E-state index in [-0.39, 0.29) is 5.97 Å². The molecule has 0 bridgehead atoms. The Morgan fingerprint density at radius 2 is 1.44 bits per heavy atom. The molecule has 0 heterocycles. The minimum Gasteiger partial charge on any atom is -0.456 e.